The van der Waals surface area contributed by atoms with Crippen molar-refractivity contribution in [3.8, 4) is 22.3 Å². The van der Waals surface area contributed by atoms with Crippen molar-refractivity contribution < 1.29 is 13.3 Å². The van der Waals surface area contributed by atoms with E-state index in [1.807, 2.05) is 24.3 Å². The maximum absolute atomic E-state index is 6.88. The highest BCUT2D eigenvalue weighted by Gasteiger charge is 2.46. The zero-order valence-electron chi connectivity index (χ0n) is 35.0. The Labute approximate surface area is 373 Å². The fourth-order valence-corrected chi connectivity index (χ4v) is 11.0. The molecule has 0 saturated heterocycles. The van der Waals surface area contributed by atoms with Crippen molar-refractivity contribution in [3.63, 3.8) is 0 Å². The predicted octanol–water partition coefficient (Wildman–Crippen LogP) is 16.9. The van der Waals surface area contributed by atoms with Crippen molar-refractivity contribution in [2.24, 2.45) is 0 Å². The predicted molar refractivity (Wildman–Crippen MR) is 266 cm³/mol. The first-order valence-corrected chi connectivity index (χ1v) is 22.2. The summed E-state index contributed by atoms with van der Waals surface area (Å²) in [6.07, 6.45) is 0. The molecule has 4 nitrogen and oxygen atoms in total. The van der Waals surface area contributed by atoms with Crippen LogP contribution in [0.15, 0.2) is 238 Å². The fraction of sp³-hybridized carbons (Fsp3) is 0.0164. The highest BCUT2D eigenvalue weighted by molar-refractivity contribution is 6.23. The van der Waals surface area contributed by atoms with E-state index < -0.39 is 5.41 Å². The lowest BCUT2D eigenvalue weighted by molar-refractivity contribution is 0.663. The Kier molecular flexibility index (Phi) is 7.57. The van der Waals surface area contributed by atoms with E-state index in [0.717, 1.165) is 94.0 Å². The molecule has 14 rings (SSSR count). The molecule has 0 bridgehead atoms. The molecule has 0 atom stereocenters. The van der Waals surface area contributed by atoms with Gasteiger partial charge < -0.3 is 18.2 Å². The van der Waals surface area contributed by atoms with Gasteiger partial charge in [0, 0.05) is 55.6 Å². The first-order valence-electron chi connectivity index (χ1n) is 22.2. The molecule has 0 unspecified atom stereocenters. The molecule has 304 valence electrons. The summed E-state index contributed by atoms with van der Waals surface area (Å²) in [5.41, 5.74) is 17.2. The number of furan rings is 3. The van der Waals surface area contributed by atoms with E-state index in [4.69, 9.17) is 13.3 Å². The number of nitrogens with zero attached hydrogens (tertiary/aromatic N) is 1. The van der Waals surface area contributed by atoms with Crippen LogP contribution in [0.4, 0.5) is 17.1 Å². The van der Waals surface area contributed by atoms with Crippen molar-refractivity contribution in [1.29, 1.82) is 0 Å². The van der Waals surface area contributed by atoms with Gasteiger partial charge in [0.1, 0.15) is 33.5 Å². The molecular weight excluding hydrogens is 795 g/mol. The molecule has 65 heavy (non-hydrogen) atoms. The summed E-state index contributed by atoms with van der Waals surface area (Å²) >= 11 is 0. The Morgan fingerprint density at radius 2 is 0.862 bits per heavy atom. The minimum Gasteiger partial charge on any atom is -0.456 e. The van der Waals surface area contributed by atoms with Crippen molar-refractivity contribution in [3.05, 3.63) is 247 Å². The number of hydrogen-bond acceptors (Lipinski definition) is 4. The normalized spacial score (nSPS) is 13.0. The third-order valence-electron chi connectivity index (χ3n) is 13.8. The smallest absolute Gasteiger partial charge is 0.147 e. The molecule has 0 amide bonds. The number of fused-ring (bicyclic) bond motifs is 13. The monoisotopic (exact) mass is 831 g/mol. The van der Waals surface area contributed by atoms with Gasteiger partial charge in [0.25, 0.3) is 0 Å². The molecule has 10 aromatic carbocycles. The van der Waals surface area contributed by atoms with Gasteiger partial charge in [-0.2, -0.15) is 0 Å². The highest BCUT2D eigenvalue weighted by Crippen LogP contribution is 2.57. The standard InChI is InChI=1S/C61H37NO3/c1-3-14-39(15-4-1)61(40-16-5-2-6-17-40)52-23-10-7-18-45(52)46-32-30-42(36-53(46)61)62(43-31-33-48-47-19-8-11-24-54(47)64-57(48)37-43)41-28-26-38(27-29-41)44-21-13-22-49-50-34-35-56-58(60(50)65-59(44)49)51-20-9-12-25-55(51)63-56/h1-37H. The number of hydrogen-bond donors (Lipinski definition) is 0. The number of anilines is 3. The lowest BCUT2D eigenvalue weighted by atomic mass is 9.67. The summed E-state index contributed by atoms with van der Waals surface area (Å²) in [5, 5.41) is 6.42. The van der Waals surface area contributed by atoms with Crippen LogP contribution in [0.1, 0.15) is 22.3 Å². The summed E-state index contributed by atoms with van der Waals surface area (Å²) in [6.45, 7) is 0. The molecule has 3 aromatic heterocycles. The summed E-state index contributed by atoms with van der Waals surface area (Å²) in [4.78, 5) is 2.36. The number of benzene rings is 10. The van der Waals surface area contributed by atoms with Crippen LogP contribution >= 0.6 is 0 Å². The van der Waals surface area contributed by atoms with Crippen LogP contribution < -0.4 is 4.90 Å². The van der Waals surface area contributed by atoms with Gasteiger partial charge in [-0.1, -0.05) is 158 Å². The van der Waals surface area contributed by atoms with E-state index in [2.05, 4.69) is 205 Å². The van der Waals surface area contributed by atoms with E-state index >= 15 is 0 Å². The number of para-hydroxylation sites is 3. The SMILES string of the molecule is c1ccc(C2(c3ccccc3)c3ccccc3-c3ccc(N(c4ccc(-c5cccc6c5oc5c6ccc6oc7ccccc7c65)cc4)c4ccc5c(c4)oc4ccccc45)cc32)cc1. The molecule has 1 aliphatic rings. The van der Waals surface area contributed by atoms with Gasteiger partial charge in [-0.3, -0.25) is 0 Å². The second kappa shape index (κ2) is 13.7. The largest absolute Gasteiger partial charge is 0.456 e. The molecule has 4 heteroatoms. The van der Waals surface area contributed by atoms with Gasteiger partial charge in [-0.05, 0) is 99.6 Å². The molecule has 0 N–H and O–H groups in total. The first kappa shape index (κ1) is 35.9. The second-order valence-electron chi connectivity index (χ2n) is 17.1. The summed E-state index contributed by atoms with van der Waals surface area (Å²) in [7, 11) is 0. The molecule has 0 spiro atoms. The second-order valence-corrected chi connectivity index (χ2v) is 17.1. The molecule has 0 aliphatic heterocycles. The van der Waals surface area contributed by atoms with Crippen LogP contribution in [0.2, 0.25) is 0 Å². The van der Waals surface area contributed by atoms with E-state index in [0.29, 0.717) is 0 Å². The van der Waals surface area contributed by atoms with Gasteiger partial charge in [0.2, 0.25) is 0 Å². The van der Waals surface area contributed by atoms with E-state index in [9.17, 15) is 0 Å². The third kappa shape index (κ3) is 5.13. The van der Waals surface area contributed by atoms with Gasteiger partial charge in [0.05, 0.1) is 10.8 Å². The Bertz CT molecular complexity index is 3970. The topological polar surface area (TPSA) is 42.7 Å². The highest BCUT2D eigenvalue weighted by atomic mass is 16.3. The maximum atomic E-state index is 6.88. The van der Waals surface area contributed by atoms with Crippen molar-refractivity contribution in [1.82, 2.24) is 0 Å². The first-order chi connectivity index (χ1) is 32.2. The van der Waals surface area contributed by atoms with Crippen molar-refractivity contribution >= 4 is 82.9 Å². The van der Waals surface area contributed by atoms with E-state index in [1.165, 1.54) is 33.4 Å². The minimum atomic E-state index is -0.539. The molecule has 1 aliphatic carbocycles. The minimum absolute atomic E-state index is 0.539. The van der Waals surface area contributed by atoms with Crippen LogP contribution in [0.3, 0.4) is 0 Å². The van der Waals surface area contributed by atoms with E-state index in [1.54, 1.807) is 0 Å². The van der Waals surface area contributed by atoms with E-state index in [-0.39, 0.29) is 0 Å². The van der Waals surface area contributed by atoms with Crippen LogP contribution in [-0.2, 0) is 5.41 Å². The lowest BCUT2D eigenvalue weighted by Crippen LogP contribution is -2.28. The Morgan fingerprint density at radius 1 is 0.308 bits per heavy atom. The van der Waals surface area contributed by atoms with Gasteiger partial charge in [0.15, 0.2) is 0 Å². The van der Waals surface area contributed by atoms with Crippen molar-refractivity contribution in [2.45, 2.75) is 5.41 Å². The molecule has 0 radical (unpaired) electrons. The van der Waals surface area contributed by atoms with Gasteiger partial charge >= 0.3 is 0 Å². The third-order valence-corrected chi connectivity index (χ3v) is 13.8. The maximum Gasteiger partial charge on any atom is 0.147 e. The zero-order chi connectivity index (χ0) is 42.6. The summed E-state index contributed by atoms with van der Waals surface area (Å²) < 4.78 is 19.7. The fourth-order valence-electron chi connectivity index (χ4n) is 11.0. The van der Waals surface area contributed by atoms with Crippen LogP contribution in [0.5, 0.6) is 0 Å². The zero-order valence-corrected chi connectivity index (χ0v) is 35.0. The molecule has 0 fully saturated rings. The van der Waals surface area contributed by atoms with Crippen molar-refractivity contribution in [2.75, 3.05) is 4.90 Å². The molecule has 0 saturated carbocycles. The lowest BCUT2D eigenvalue weighted by Gasteiger charge is -2.35. The molecule has 13 aromatic rings. The average Bonchev–Trinajstić information content (AvgIpc) is 4.13. The Balaban J connectivity index is 0.966. The average molecular weight is 832 g/mol. The van der Waals surface area contributed by atoms with Crippen LogP contribution in [0.25, 0.3) is 88.1 Å². The van der Waals surface area contributed by atoms with Gasteiger partial charge in [-0.25, -0.2) is 0 Å². The van der Waals surface area contributed by atoms with Gasteiger partial charge in [-0.15, -0.1) is 0 Å². The Hall–Kier alpha value is -8.60. The number of rotatable bonds is 6. The van der Waals surface area contributed by atoms with Crippen LogP contribution in [-0.4, -0.2) is 0 Å². The Morgan fingerprint density at radius 3 is 1.66 bits per heavy atom. The summed E-state index contributed by atoms with van der Waals surface area (Å²) in [6, 6.07) is 80.4. The quantitative estimate of drug-likeness (QED) is 0.167. The summed E-state index contributed by atoms with van der Waals surface area (Å²) in [5.74, 6) is 0. The van der Waals surface area contributed by atoms with Crippen LogP contribution in [0, 0.1) is 0 Å². The molecular formula is C61H37NO3. The molecule has 3 heterocycles.